The molecule has 0 aromatic heterocycles. The predicted molar refractivity (Wildman–Crippen MR) is 107 cm³/mol. The molecule has 0 aliphatic carbocycles. The molecule has 0 radical (unpaired) electrons. The van der Waals surface area contributed by atoms with E-state index in [0.29, 0.717) is 0 Å². The molecule has 1 heterocycles. The van der Waals surface area contributed by atoms with Crippen LogP contribution in [0.3, 0.4) is 0 Å². The number of methoxy groups -OCH3 is 1. The smallest absolute Gasteiger partial charge is 0.118 e. The minimum atomic E-state index is 0.180. The predicted octanol–water partition coefficient (Wildman–Crippen LogP) is 5.36. The number of nitrogens with zero attached hydrogens (tertiary/aromatic N) is 2. The van der Waals surface area contributed by atoms with Gasteiger partial charge in [0.05, 0.1) is 24.6 Å². The quantitative estimate of drug-likeness (QED) is 0.637. The Morgan fingerprint density at radius 2 is 1.58 bits per heavy atom. The summed E-state index contributed by atoms with van der Waals surface area (Å²) in [6.45, 7) is 2.11. The molecule has 1 unspecified atom stereocenters. The van der Waals surface area contributed by atoms with Crippen LogP contribution in [-0.2, 0) is 0 Å². The van der Waals surface area contributed by atoms with Crippen molar-refractivity contribution in [2.45, 2.75) is 19.4 Å². The van der Waals surface area contributed by atoms with E-state index in [0.717, 1.165) is 23.6 Å². The minimum Gasteiger partial charge on any atom is -0.497 e. The standard InChI is InChI=1S/C23H22N2O/c1-17-8-10-18(11-9-17)22-16-23(19-12-14-21(26-2)15-13-19)25(24-22)20-6-4-3-5-7-20/h3-15,23H,16H2,1-2H3. The van der Waals surface area contributed by atoms with Gasteiger partial charge in [-0.25, -0.2) is 0 Å². The number of rotatable bonds is 4. The molecule has 26 heavy (non-hydrogen) atoms. The van der Waals surface area contributed by atoms with E-state index in [1.54, 1.807) is 7.11 Å². The molecule has 4 rings (SSSR count). The van der Waals surface area contributed by atoms with Crippen LogP contribution in [0, 0.1) is 6.92 Å². The van der Waals surface area contributed by atoms with Crippen LogP contribution in [0.15, 0.2) is 84.0 Å². The minimum absolute atomic E-state index is 0.180. The highest BCUT2D eigenvalue weighted by molar-refractivity contribution is 6.03. The van der Waals surface area contributed by atoms with Gasteiger partial charge in [0, 0.05) is 6.42 Å². The van der Waals surface area contributed by atoms with E-state index in [2.05, 4.69) is 72.6 Å². The summed E-state index contributed by atoms with van der Waals surface area (Å²) in [5.74, 6) is 0.873. The number of para-hydroxylation sites is 1. The lowest BCUT2D eigenvalue weighted by atomic mass is 9.97. The first kappa shape index (κ1) is 16.4. The monoisotopic (exact) mass is 342 g/mol. The lowest BCUT2D eigenvalue weighted by Gasteiger charge is -2.24. The van der Waals surface area contributed by atoms with Crippen molar-refractivity contribution in [3.05, 3.63) is 95.6 Å². The maximum absolute atomic E-state index is 5.30. The summed E-state index contributed by atoms with van der Waals surface area (Å²) in [5.41, 5.74) is 5.91. The molecule has 130 valence electrons. The Labute approximate surface area is 154 Å². The van der Waals surface area contributed by atoms with Crippen molar-refractivity contribution in [1.29, 1.82) is 0 Å². The number of anilines is 1. The van der Waals surface area contributed by atoms with Crippen molar-refractivity contribution < 1.29 is 4.74 Å². The SMILES string of the molecule is COc1ccc(C2CC(c3ccc(C)cc3)=NN2c2ccccc2)cc1. The van der Waals surface area contributed by atoms with E-state index < -0.39 is 0 Å². The fourth-order valence-electron chi connectivity index (χ4n) is 3.34. The number of hydrogen-bond donors (Lipinski definition) is 0. The van der Waals surface area contributed by atoms with Crippen molar-refractivity contribution >= 4 is 11.4 Å². The number of ether oxygens (including phenoxy) is 1. The van der Waals surface area contributed by atoms with E-state index in [9.17, 15) is 0 Å². The van der Waals surface area contributed by atoms with Crippen LogP contribution in [0.25, 0.3) is 0 Å². The van der Waals surface area contributed by atoms with Crippen LogP contribution in [-0.4, -0.2) is 12.8 Å². The highest BCUT2D eigenvalue weighted by atomic mass is 16.5. The van der Waals surface area contributed by atoms with Gasteiger partial charge in [0.15, 0.2) is 0 Å². The molecule has 1 aliphatic rings. The van der Waals surface area contributed by atoms with Crippen LogP contribution in [0.4, 0.5) is 5.69 Å². The molecule has 0 spiro atoms. The fraction of sp³-hybridized carbons (Fsp3) is 0.174. The van der Waals surface area contributed by atoms with Crippen molar-refractivity contribution in [2.24, 2.45) is 5.10 Å². The Morgan fingerprint density at radius 1 is 0.885 bits per heavy atom. The molecule has 3 aromatic rings. The highest BCUT2D eigenvalue weighted by Crippen LogP contribution is 2.37. The average Bonchev–Trinajstić information content (AvgIpc) is 3.15. The Hall–Kier alpha value is -3.07. The van der Waals surface area contributed by atoms with Crippen LogP contribution >= 0.6 is 0 Å². The first-order valence-corrected chi connectivity index (χ1v) is 8.87. The summed E-state index contributed by atoms with van der Waals surface area (Å²) in [7, 11) is 1.69. The lowest BCUT2D eigenvalue weighted by Crippen LogP contribution is -2.18. The van der Waals surface area contributed by atoms with Gasteiger partial charge in [-0.2, -0.15) is 5.10 Å². The second-order valence-corrected chi connectivity index (χ2v) is 6.59. The summed E-state index contributed by atoms with van der Waals surface area (Å²) in [6, 6.07) is 27.4. The Balaban J connectivity index is 1.71. The average molecular weight is 342 g/mol. The number of hydrogen-bond acceptors (Lipinski definition) is 3. The second-order valence-electron chi connectivity index (χ2n) is 6.59. The molecule has 3 aromatic carbocycles. The lowest BCUT2D eigenvalue weighted by molar-refractivity contribution is 0.414. The van der Waals surface area contributed by atoms with Gasteiger partial charge in [0.2, 0.25) is 0 Å². The van der Waals surface area contributed by atoms with E-state index in [4.69, 9.17) is 9.84 Å². The van der Waals surface area contributed by atoms with Gasteiger partial charge in [-0.1, -0.05) is 60.2 Å². The molecule has 0 N–H and O–H groups in total. The van der Waals surface area contributed by atoms with E-state index >= 15 is 0 Å². The third kappa shape index (κ3) is 3.21. The van der Waals surface area contributed by atoms with Gasteiger partial charge in [-0.05, 0) is 42.3 Å². The van der Waals surface area contributed by atoms with Crippen molar-refractivity contribution in [2.75, 3.05) is 12.1 Å². The van der Waals surface area contributed by atoms with Crippen LogP contribution < -0.4 is 9.75 Å². The Morgan fingerprint density at radius 3 is 2.23 bits per heavy atom. The van der Waals surface area contributed by atoms with Gasteiger partial charge < -0.3 is 4.74 Å². The molecule has 0 fully saturated rings. The molecule has 1 atom stereocenters. The molecule has 0 amide bonds. The molecule has 3 nitrogen and oxygen atoms in total. The summed E-state index contributed by atoms with van der Waals surface area (Å²) >= 11 is 0. The zero-order valence-electron chi connectivity index (χ0n) is 15.1. The second kappa shape index (κ2) is 7.04. The van der Waals surface area contributed by atoms with E-state index in [1.165, 1.54) is 16.7 Å². The largest absolute Gasteiger partial charge is 0.497 e. The topological polar surface area (TPSA) is 24.8 Å². The summed E-state index contributed by atoms with van der Waals surface area (Å²) in [4.78, 5) is 0. The van der Waals surface area contributed by atoms with Gasteiger partial charge in [-0.3, -0.25) is 5.01 Å². The highest BCUT2D eigenvalue weighted by Gasteiger charge is 2.29. The molecule has 3 heteroatoms. The van der Waals surface area contributed by atoms with Crippen LogP contribution in [0.5, 0.6) is 5.75 Å². The fourth-order valence-corrected chi connectivity index (χ4v) is 3.34. The molecular weight excluding hydrogens is 320 g/mol. The third-order valence-corrected chi connectivity index (χ3v) is 4.82. The molecule has 0 bridgehead atoms. The van der Waals surface area contributed by atoms with Gasteiger partial charge >= 0.3 is 0 Å². The summed E-state index contributed by atoms with van der Waals surface area (Å²) < 4.78 is 5.30. The zero-order chi connectivity index (χ0) is 17.9. The van der Waals surface area contributed by atoms with Crippen LogP contribution in [0.2, 0.25) is 0 Å². The number of benzene rings is 3. The van der Waals surface area contributed by atoms with Crippen molar-refractivity contribution in [3.8, 4) is 5.75 Å². The number of aryl methyl sites for hydroxylation is 1. The molecule has 0 saturated heterocycles. The Kier molecular flexibility index (Phi) is 4.44. The molecule has 1 aliphatic heterocycles. The maximum Gasteiger partial charge on any atom is 0.118 e. The molecular formula is C23H22N2O. The molecule has 0 saturated carbocycles. The van der Waals surface area contributed by atoms with E-state index in [-0.39, 0.29) is 6.04 Å². The van der Waals surface area contributed by atoms with Gasteiger partial charge in [0.25, 0.3) is 0 Å². The maximum atomic E-state index is 5.30. The zero-order valence-corrected chi connectivity index (χ0v) is 15.1. The first-order valence-electron chi connectivity index (χ1n) is 8.87. The normalized spacial score (nSPS) is 16.5. The first-order chi connectivity index (χ1) is 12.7. The summed E-state index contributed by atoms with van der Waals surface area (Å²) in [5, 5.41) is 7.11. The van der Waals surface area contributed by atoms with Gasteiger partial charge in [-0.15, -0.1) is 0 Å². The van der Waals surface area contributed by atoms with Gasteiger partial charge in [0.1, 0.15) is 5.75 Å². The summed E-state index contributed by atoms with van der Waals surface area (Å²) in [6.07, 6.45) is 0.879. The van der Waals surface area contributed by atoms with E-state index in [1.807, 2.05) is 18.2 Å². The third-order valence-electron chi connectivity index (χ3n) is 4.82. The Bertz CT molecular complexity index is 899. The van der Waals surface area contributed by atoms with Crippen molar-refractivity contribution in [3.63, 3.8) is 0 Å². The number of hydrazone groups is 1. The van der Waals surface area contributed by atoms with Crippen LogP contribution in [0.1, 0.15) is 29.2 Å². The van der Waals surface area contributed by atoms with Crippen molar-refractivity contribution in [1.82, 2.24) is 0 Å².